The molecule has 122 valence electrons. The number of hydrogen-bond donors (Lipinski definition) is 0. The fourth-order valence-corrected chi connectivity index (χ4v) is 2.71. The van der Waals surface area contributed by atoms with Crippen LogP contribution in [0.2, 0.25) is 0 Å². The highest BCUT2D eigenvalue weighted by Gasteiger charge is 2.20. The lowest BCUT2D eigenvalue weighted by molar-refractivity contribution is 0.103. The van der Waals surface area contributed by atoms with Crippen LogP contribution in [0.25, 0.3) is 10.8 Å². The van der Waals surface area contributed by atoms with Crippen LogP contribution in [0.3, 0.4) is 0 Å². The smallest absolute Gasteiger partial charge is 0.200 e. The van der Waals surface area contributed by atoms with Crippen molar-refractivity contribution < 1.29 is 19.0 Å². The van der Waals surface area contributed by atoms with E-state index in [0.29, 0.717) is 22.6 Å². The first-order chi connectivity index (χ1) is 11.7. The van der Waals surface area contributed by atoms with E-state index < -0.39 is 0 Å². The molecule has 0 saturated carbocycles. The maximum absolute atomic E-state index is 13.0. The van der Waals surface area contributed by atoms with Crippen molar-refractivity contribution in [2.24, 2.45) is 0 Å². The third-order valence-electron chi connectivity index (χ3n) is 3.96. The van der Waals surface area contributed by atoms with Crippen molar-refractivity contribution in [3.8, 4) is 17.2 Å². The van der Waals surface area contributed by atoms with Gasteiger partial charge >= 0.3 is 0 Å². The highest BCUT2D eigenvalue weighted by molar-refractivity contribution is 6.13. The Morgan fingerprint density at radius 1 is 0.750 bits per heavy atom. The molecule has 0 bridgehead atoms. The average molecular weight is 322 g/mol. The number of carbonyl (C=O) groups excluding carboxylic acids is 1. The topological polar surface area (TPSA) is 44.8 Å². The molecule has 3 rings (SSSR count). The molecule has 0 saturated heterocycles. The van der Waals surface area contributed by atoms with Crippen molar-refractivity contribution in [1.29, 1.82) is 0 Å². The summed E-state index contributed by atoms with van der Waals surface area (Å²) in [5, 5.41) is 1.98. The zero-order valence-electron chi connectivity index (χ0n) is 13.8. The lowest BCUT2D eigenvalue weighted by Gasteiger charge is -2.12. The Kier molecular flexibility index (Phi) is 4.38. The minimum absolute atomic E-state index is 0.137. The zero-order chi connectivity index (χ0) is 17.1. The molecule has 0 unspecified atom stereocenters. The van der Waals surface area contributed by atoms with Gasteiger partial charge in [0.25, 0.3) is 0 Å². The second-order valence-corrected chi connectivity index (χ2v) is 5.29. The average Bonchev–Trinajstić information content (AvgIpc) is 2.65. The second kappa shape index (κ2) is 6.62. The number of ether oxygens (including phenoxy) is 3. The molecular weight excluding hydrogens is 304 g/mol. The maximum Gasteiger partial charge on any atom is 0.200 e. The van der Waals surface area contributed by atoms with Gasteiger partial charge in [-0.3, -0.25) is 4.79 Å². The van der Waals surface area contributed by atoms with Gasteiger partial charge in [0.1, 0.15) is 22.8 Å². The van der Waals surface area contributed by atoms with Gasteiger partial charge in [0.2, 0.25) is 5.78 Å². The molecule has 0 fully saturated rings. The van der Waals surface area contributed by atoms with E-state index in [4.69, 9.17) is 14.2 Å². The fourth-order valence-electron chi connectivity index (χ4n) is 2.71. The summed E-state index contributed by atoms with van der Waals surface area (Å²) in [6.07, 6.45) is 0. The first kappa shape index (κ1) is 15.9. The number of fused-ring (bicyclic) bond motifs is 1. The Balaban J connectivity index is 2.09. The van der Waals surface area contributed by atoms with Gasteiger partial charge in [-0.05, 0) is 41.1 Å². The van der Waals surface area contributed by atoms with Crippen LogP contribution in [0.1, 0.15) is 15.9 Å². The molecule has 0 amide bonds. The Bertz CT molecular complexity index is 877. The molecule has 0 aromatic heterocycles. The molecule has 4 nitrogen and oxygen atoms in total. The normalized spacial score (nSPS) is 10.5. The molecule has 3 aromatic carbocycles. The van der Waals surface area contributed by atoms with Crippen LogP contribution in [-0.4, -0.2) is 27.1 Å². The van der Waals surface area contributed by atoms with Crippen molar-refractivity contribution >= 4 is 16.6 Å². The van der Waals surface area contributed by atoms with Crippen LogP contribution >= 0.6 is 0 Å². The van der Waals surface area contributed by atoms with E-state index in [1.807, 2.05) is 30.3 Å². The van der Waals surface area contributed by atoms with Crippen LogP contribution < -0.4 is 14.2 Å². The van der Waals surface area contributed by atoms with Crippen molar-refractivity contribution in [2.45, 2.75) is 0 Å². The highest BCUT2D eigenvalue weighted by atomic mass is 16.5. The molecule has 0 heterocycles. The first-order valence-electron chi connectivity index (χ1n) is 7.51. The van der Waals surface area contributed by atoms with Crippen LogP contribution in [0, 0.1) is 0 Å². The Morgan fingerprint density at radius 3 is 2.00 bits per heavy atom. The van der Waals surface area contributed by atoms with E-state index >= 15 is 0 Å². The number of benzene rings is 3. The molecule has 0 atom stereocenters. The highest BCUT2D eigenvalue weighted by Crippen LogP contribution is 2.31. The summed E-state index contributed by atoms with van der Waals surface area (Å²) in [4.78, 5) is 13.0. The van der Waals surface area contributed by atoms with Gasteiger partial charge < -0.3 is 14.2 Å². The van der Waals surface area contributed by atoms with E-state index in [0.717, 1.165) is 16.5 Å². The van der Waals surface area contributed by atoms with E-state index in [1.54, 1.807) is 31.4 Å². The molecule has 0 aliphatic carbocycles. The number of hydrogen-bond acceptors (Lipinski definition) is 4. The molecule has 0 aliphatic rings. The third-order valence-corrected chi connectivity index (χ3v) is 3.96. The second-order valence-electron chi connectivity index (χ2n) is 5.29. The molecule has 24 heavy (non-hydrogen) atoms. The molecule has 3 aromatic rings. The largest absolute Gasteiger partial charge is 0.497 e. The van der Waals surface area contributed by atoms with Crippen molar-refractivity contribution in [1.82, 2.24) is 0 Å². The van der Waals surface area contributed by atoms with E-state index in [1.165, 1.54) is 14.2 Å². The predicted octanol–water partition coefficient (Wildman–Crippen LogP) is 4.10. The Hall–Kier alpha value is -3.01. The van der Waals surface area contributed by atoms with Crippen LogP contribution in [0.15, 0.2) is 54.6 Å². The van der Waals surface area contributed by atoms with E-state index in [9.17, 15) is 4.79 Å². The summed E-state index contributed by atoms with van der Waals surface area (Å²) in [6.45, 7) is 0. The van der Waals surface area contributed by atoms with Gasteiger partial charge in [-0.25, -0.2) is 0 Å². The minimum atomic E-state index is -0.137. The molecule has 0 spiro atoms. The zero-order valence-corrected chi connectivity index (χ0v) is 13.8. The van der Waals surface area contributed by atoms with Crippen molar-refractivity contribution in [3.05, 3.63) is 65.7 Å². The summed E-state index contributed by atoms with van der Waals surface area (Å²) in [5.74, 6) is 1.64. The standard InChI is InChI=1S/C20H18O4/c1-22-16-10-9-13-11-15(8-7-14(13)12-16)20(21)19-17(23-2)5-4-6-18(19)24-3/h4-12H,1-3H3. The van der Waals surface area contributed by atoms with E-state index in [2.05, 4.69) is 0 Å². The molecule has 0 radical (unpaired) electrons. The SMILES string of the molecule is COc1ccc2cc(C(=O)c3c(OC)cccc3OC)ccc2c1. The lowest BCUT2D eigenvalue weighted by Crippen LogP contribution is -2.06. The summed E-state index contributed by atoms with van der Waals surface area (Å²) < 4.78 is 15.9. The molecule has 0 aliphatic heterocycles. The van der Waals surface area contributed by atoms with Gasteiger partial charge in [0, 0.05) is 5.56 Å². The van der Waals surface area contributed by atoms with Crippen LogP contribution in [0.4, 0.5) is 0 Å². The van der Waals surface area contributed by atoms with Gasteiger partial charge in [0.05, 0.1) is 21.3 Å². The summed E-state index contributed by atoms with van der Waals surface area (Å²) in [6, 6.07) is 16.6. The lowest BCUT2D eigenvalue weighted by atomic mass is 9.98. The van der Waals surface area contributed by atoms with Crippen molar-refractivity contribution in [2.75, 3.05) is 21.3 Å². The van der Waals surface area contributed by atoms with Gasteiger partial charge in [-0.1, -0.05) is 24.3 Å². The molecule has 0 N–H and O–H groups in total. The first-order valence-corrected chi connectivity index (χ1v) is 7.51. The van der Waals surface area contributed by atoms with Crippen LogP contribution in [0.5, 0.6) is 17.2 Å². The number of methoxy groups -OCH3 is 3. The summed E-state index contributed by atoms with van der Waals surface area (Å²) in [5.41, 5.74) is 1.01. The predicted molar refractivity (Wildman–Crippen MR) is 93.5 cm³/mol. The summed E-state index contributed by atoms with van der Waals surface area (Å²) in [7, 11) is 4.71. The number of rotatable bonds is 5. The quantitative estimate of drug-likeness (QED) is 0.664. The summed E-state index contributed by atoms with van der Waals surface area (Å²) >= 11 is 0. The van der Waals surface area contributed by atoms with Gasteiger partial charge in [-0.2, -0.15) is 0 Å². The third kappa shape index (κ3) is 2.78. The molecule has 4 heteroatoms. The number of carbonyl (C=O) groups is 1. The Labute approximate surface area is 140 Å². The minimum Gasteiger partial charge on any atom is -0.497 e. The van der Waals surface area contributed by atoms with E-state index in [-0.39, 0.29) is 5.78 Å². The fraction of sp³-hybridized carbons (Fsp3) is 0.150. The van der Waals surface area contributed by atoms with Gasteiger partial charge in [0.15, 0.2) is 0 Å². The molecular formula is C20H18O4. The Morgan fingerprint density at radius 2 is 1.38 bits per heavy atom. The van der Waals surface area contributed by atoms with Crippen LogP contribution in [-0.2, 0) is 0 Å². The van der Waals surface area contributed by atoms with Crippen molar-refractivity contribution in [3.63, 3.8) is 0 Å². The van der Waals surface area contributed by atoms with Gasteiger partial charge in [-0.15, -0.1) is 0 Å². The number of ketones is 1. The monoisotopic (exact) mass is 322 g/mol. The maximum atomic E-state index is 13.0.